The summed E-state index contributed by atoms with van der Waals surface area (Å²) in [6.07, 6.45) is 17.2. The predicted octanol–water partition coefficient (Wildman–Crippen LogP) is 7.63. The normalized spacial score (nSPS) is 27.0. The summed E-state index contributed by atoms with van der Waals surface area (Å²) >= 11 is 0. The average Bonchev–Trinajstić information content (AvgIpc) is 2.74. The van der Waals surface area contributed by atoms with Crippen LogP contribution >= 0.6 is 0 Å². The SMILES string of the molecule is CCCCCCCCCC(C#N)CCCCC(=O)C1OC2CCC1CC2C(C)(C)C. The molecule has 5 unspecified atom stereocenters. The molecule has 3 heteroatoms. The van der Waals surface area contributed by atoms with Crippen molar-refractivity contribution in [2.24, 2.45) is 23.2 Å². The van der Waals surface area contributed by atoms with Crippen molar-refractivity contribution in [3.63, 3.8) is 0 Å². The van der Waals surface area contributed by atoms with Gasteiger partial charge in [-0.25, -0.2) is 0 Å². The maximum Gasteiger partial charge on any atom is 0.161 e. The molecule has 0 radical (unpaired) electrons. The van der Waals surface area contributed by atoms with Gasteiger partial charge in [0.25, 0.3) is 0 Å². The Hall–Kier alpha value is -0.880. The highest BCUT2D eigenvalue weighted by molar-refractivity contribution is 5.83. The van der Waals surface area contributed by atoms with Crippen molar-refractivity contribution < 1.29 is 9.53 Å². The Balaban J connectivity index is 1.59. The second kappa shape index (κ2) is 12.8. The number of carbonyl (C=O) groups excluding carboxylic acids is 1. The van der Waals surface area contributed by atoms with Crippen LogP contribution in [0.2, 0.25) is 0 Å². The van der Waals surface area contributed by atoms with Crippen LogP contribution in [0.4, 0.5) is 0 Å². The fourth-order valence-corrected chi connectivity index (χ4v) is 5.62. The largest absolute Gasteiger partial charge is 0.367 e. The molecule has 2 saturated heterocycles. The number of nitrogens with zero attached hydrogens (tertiary/aromatic N) is 1. The summed E-state index contributed by atoms with van der Waals surface area (Å²) in [6.45, 7) is 9.16. The Kier molecular flexibility index (Phi) is 10.9. The zero-order valence-electron chi connectivity index (χ0n) is 20.3. The highest BCUT2D eigenvalue weighted by atomic mass is 16.5. The molecule has 0 N–H and O–H groups in total. The molecule has 2 aliphatic heterocycles. The standard InChI is InChI=1S/C27H47NO2/c1-5-6-7-8-9-10-11-14-21(20-28)15-12-13-16-24(29)26-22-17-18-25(30-26)23(19-22)27(2,3)4/h21-23,25-26H,5-19H2,1-4H3. The lowest BCUT2D eigenvalue weighted by atomic mass is 9.64. The van der Waals surface area contributed by atoms with Gasteiger partial charge in [0, 0.05) is 12.3 Å². The maximum absolute atomic E-state index is 12.8. The molecule has 1 aliphatic carbocycles. The Labute approximate surface area is 186 Å². The van der Waals surface area contributed by atoms with Crippen LogP contribution in [0.3, 0.4) is 0 Å². The van der Waals surface area contributed by atoms with Crippen LogP contribution in [0.15, 0.2) is 0 Å². The molecular weight excluding hydrogens is 370 g/mol. The van der Waals surface area contributed by atoms with Crippen LogP contribution in [0.1, 0.15) is 124 Å². The van der Waals surface area contributed by atoms with E-state index in [1.165, 1.54) is 44.9 Å². The number of unbranched alkanes of at least 4 members (excludes halogenated alkanes) is 7. The van der Waals surface area contributed by atoms with Crippen molar-refractivity contribution in [1.29, 1.82) is 5.26 Å². The lowest BCUT2D eigenvalue weighted by molar-refractivity contribution is -0.184. The van der Waals surface area contributed by atoms with Crippen molar-refractivity contribution in [3.05, 3.63) is 0 Å². The number of hydrogen-bond acceptors (Lipinski definition) is 3. The molecule has 0 aromatic heterocycles. The first-order valence-electron chi connectivity index (χ1n) is 12.9. The fourth-order valence-electron chi connectivity index (χ4n) is 5.62. The van der Waals surface area contributed by atoms with Gasteiger partial charge in [0.15, 0.2) is 5.78 Å². The number of nitriles is 1. The highest BCUT2D eigenvalue weighted by Gasteiger charge is 2.48. The maximum atomic E-state index is 12.8. The van der Waals surface area contributed by atoms with Crippen molar-refractivity contribution in [2.75, 3.05) is 0 Å². The first-order valence-corrected chi connectivity index (χ1v) is 12.9. The smallest absolute Gasteiger partial charge is 0.161 e. The number of hydrogen-bond donors (Lipinski definition) is 0. The second-order valence-electron chi connectivity index (χ2n) is 11.1. The molecule has 0 amide bonds. The van der Waals surface area contributed by atoms with Crippen LogP contribution in [-0.2, 0) is 9.53 Å². The topological polar surface area (TPSA) is 50.1 Å². The third-order valence-corrected chi connectivity index (χ3v) is 7.57. The van der Waals surface area contributed by atoms with E-state index in [0.717, 1.165) is 44.9 Å². The van der Waals surface area contributed by atoms with Gasteiger partial charge in [0.1, 0.15) is 6.10 Å². The summed E-state index contributed by atoms with van der Waals surface area (Å²) < 4.78 is 6.28. The van der Waals surface area contributed by atoms with Gasteiger partial charge in [0.05, 0.1) is 12.2 Å². The van der Waals surface area contributed by atoms with Gasteiger partial charge < -0.3 is 4.74 Å². The summed E-state index contributed by atoms with van der Waals surface area (Å²) in [6, 6.07) is 2.50. The van der Waals surface area contributed by atoms with Crippen molar-refractivity contribution in [2.45, 2.75) is 136 Å². The molecule has 2 heterocycles. The summed E-state index contributed by atoms with van der Waals surface area (Å²) in [5.74, 6) is 1.50. The first-order chi connectivity index (χ1) is 14.4. The zero-order valence-corrected chi connectivity index (χ0v) is 20.3. The number of ether oxygens (including phenoxy) is 1. The van der Waals surface area contributed by atoms with Gasteiger partial charge in [-0.2, -0.15) is 5.26 Å². The van der Waals surface area contributed by atoms with E-state index in [-0.39, 0.29) is 23.5 Å². The number of carbonyl (C=O) groups is 1. The third kappa shape index (κ3) is 7.99. The Morgan fingerprint density at radius 2 is 1.63 bits per heavy atom. The molecular formula is C27H47NO2. The van der Waals surface area contributed by atoms with Crippen molar-refractivity contribution >= 4 is 5.78 Å². The van der Waals surface area contributed by atoms with E-state index in [1.807, 2.05) is 0 Å². The molecule has 3 nitrogen and oxygen atoms in total. The second-order valence-corrected chi connectivity index (χ2v) is 11.1. The molecule has 0 aromatic rings. The minimum absolute atomic E-state index is 0.151. The van der Waals surface area contributed by atoms with E-state index < -0.39 is 0 Å². The summed E-state index contributed by atoms with van der Waals surface area (Å²) in [4.78, 5) is 12.8. The van der Waals surface area contributed by atoms with Gasteiger partial charge in [-0.3, -0.25) is 4.79 Å². The molecule has 3 aliphatic rings. The number of fused-ring (bicyclic) bond motifs is 3. The minimum atomic E-state index is -0.151. The molecule has 1 saturated carbocycles. The van der Waals surface area contributed by atoms with Gasteiger partial charge in [-0.05, 0) is 55.8 Å². The monoisotopic (exact) mass is 417 g/mol. The van der Waals surface area contributed by atoms with Gasteiger partial charge in [0.2, 0.25) is 0 Å². The number of rotatable bonds is 14. The van der Waals surface area contributed by atoms with E-state index in [2.05, 4.69) is 33.8 Å². The van der Waals surface area contributed by atoms with E-state index in [0.29, 0.717) is 24.0 Å². The summed E-state index contributed by atoms with van der Waals surface area (Å²) in [5, 5.41) is 9.44. The summed E-state index contributed by atoms with van der Waals surface area (Å²) in [5.41, 5.74) is 0.263. The van der Waals surface area contributed by atoms with Gasteiger partial charge in [-0.15, -0.1) is 0 Å². The van der Waals surface area contributed by atoms with Crippen LogP contribution in [0, 0.1) is 34.5 Å². The molecule has 5 atom stereocenters. The van der Waals surface area contributed by atoms with E-state index in [9.17, 15) is 10.1 Å². The Bertz CT molecular complexity index is 544. The summed E-state index contributed by atoms with van der Waals surface area (Å²) in [7, 11) is 0. The van der Waals surface area contributed by atoms with E-state index in [1.54, 1.807) is 0 Å². The minimum Gasteiger partial charge on any atom is -0.367 e. The molecule has 3 rings (SSSR count). The van der Waals surface area contributed by atoms with Crippen molar-refractivity contribution in [1.82, 2.24) is 0 Å². The third-order valence-electron chi connectivity index (χ3n) is 7.57. The molecule has 0 aromatic carbocycles. The average molecular weight is 418 g/mol. The van der Waals surface area contributed by atoms with Crippen LogP contribution < -0.4 is 0 Å². The van der Waals surface area contributed by atoms with Crippen LogP contribution in [0.5, 0.6) is 0 Å². The predicted molar refractivity (Wildman–Crippen MR) is 124 cm³/mol. The van der Waals surface area contributed by atoms with Crippen molar-refractivity contribution in [3.8, 4) is 6.07 Å². The van der Waals surface area contributed by atoms with Crippen LogP contribution in [0.25, 0.3) is 0 Å². The van der Waals surface area contributed by atoms with Gasteiger partial charge in [-0.1, -0.05) is 79.1 Å². The Morgan fingerprint density at radius 1 is 1.00 bits per heavy atom. The fraction of sp³-hybridized carbons (Fsp3) is 0.926. The highest BCUT2D eigenvalue weighted by Crippen LogP contribution is 2.48. The van der Waals surface area contributed by atoms with E-state index in [4.69, 9.17) is 4.74 Å². The quantitative estimate of drug-likeness (QED) is 0.273. The van der Waals surface area contributed by atoms with Crippen LogP contribution in [-0.4, -0.2) is 18.0 Å². The Morgan fingerprint density at radius 3 is 2.20 bits per heavy atom. The molecule has 30 heavy (non-hydrogen) atoms. The molecule has 3 fully saturated rings. The lowest BCUT2D eigenvalue weighted by Crippen LogP contribution is -2.52. The lowest BCUT2D eigenvalue weighted by Gasteiger charge is -2.51. The molecule has 0 spiro atoms. The van der Waals surface area contributed by atoms with Gasteiger partial charge >= 0.3 is 0 Å². The molecule has 2 bridgehead atoms. The molecule has 172 valence electrons. The van der Waals surface area contributed by atoms with E-state index >= 15 is 0 Å². The first kappa shape index (κ1) is 25.4. The zero-order chi connectivity index (χ0) is 22.0. The number of Topliss-reactive ketones (excluding diaryl/α,β-unsaturated/α-hetero) is 1. The number of ketones is 1.